The summed E-state index contributed by atoms with van der Waals surface area (Å²) in [7, 11) is 2.15. The van der Waals surface area contributed by atoms with Gasteiger partial charge in [-0.25, -0.2) is 4.98 Å². The molecule has 47 heavy (non-hydrogen) atoms. The largest absolute Gasteiger partial charge is 0.396 e. The second-order valence-corrected chi connectivity index (χ2v) is 14.6. The van der Waals surface area contributed by atoms with Crippen molar-refractivity contribution >= 4 is 17.5 Å². The maximum atomic E-state index is 9.67. The molecule has 9 nitrogen and oxygen atoms in total. The van der Waals surface area contributed by atoms with Crippen molar-refractivity contribution in [2.24, 2.45) is 21.8 Å². The third-order valence-electron chi connectivity index (χ3n) is 10.7. The van der Waals surface area contributed by atoms with Crippen LogP contribution in [0, 0.1) is 11.8 Å². The highest BCUT2D eigenvalue weighted by atomic mass is 16.5. The molecule has 258 valence electrons. The lowest BCUT2D eigenvalue weighted by atomic mass is 9.88. The third kappa shape index (κ3) is 7.02. The van der Waals surface area contributed by atoms with Crippen LogP contribution in [0.4, 0.5) is 5.82 Å². The summed E-state index contributed by atoms with van der Waals surface area (Å²) in [5, 5.41) is 9.67. The number of imidazole rings is 1. The summed E-state index contributed by atoms with van der Waals surface area (Å²) in [6.45, 7) is 23.5. The van der Waals surface area contributed by atoms with E-state index >= 15 is 0 Å². The fourth-order valence-electron chi connectivity index (χ4n) is 7.50. The first-order valence-electron chi connectivity index (χ1n) is 17.9. The zero-order valence-electron chi connectivity index (χ0n) is 30.6. The van der Waals surface area contributed by atoms with Gasteiger partial charge < -0.3 is 29.1 Å². The van der Waals surface area contributed by atoms with Gasteiger partial charge in [0.05, 0.1) is 23.7 Å². The molecule has 0 saturated carbocycles. The molecule has 1 aromatic rings. The fourth-order valence-corrected chi connectivity index (χ4v) is 7.50. The number of rotatable bonds is 9. The molecule has 4 unspecified atom stereocenters. The standard InChI is InChI=1S/C38H59N7O2/c1-11-38(9)23-43(19-20-45(38)30-16-14-29(15-17-30)28(8)22-46)37-41-35-34(44(24-39-35)26(5)6)36(42(37)10)40-32-21-31(25(3)4)33(47-12-2)18-13-27(32)7/h13-14,16,21,24-26,28,33,36,46H,11-12,15,17-20,22-23H2,1-10H3. The lowest BCUT2D eigenvalue weighted by Gasteiger charge is -2.53. The van der Waals surface area contributed by atoms with Crippen molar-refractivity contribution in [1.29, 1.82) is 0 Å². The molecule has 2 aliphatic carbocycles. The number of piperazine rings is 1. The van der Waals surface area contributed by atoms with Gasteiger partial charge in [0.15, 0.2) is 12.0 Å². The number of aliphatic imine (C=N–C) groups is 2. The molecule has 9 heteroatoms. The molecule has 1 N–H and O–H groups in total. The molecule has 3 heterocycles. The van der Waals surface area contributed by atoms with Gasteiger partial charge in [0.2, 0.25) is 5.96 Å². The first kappa shape index (κ1) is 35.1. The Bertz CT molecular complexity index is 1480. The molecular formula is C38H59N7O2. The van der Waals surface area contributed by atoms with Crippen LogP contribution in [0.1, 0.15) is 106 Å². The first-order chi connectivity index (χ1) is 22.4. The highest BCUT2D eigenvalue weighted by Crippen LogP contribution is 2.40. The summed E-state index contributed by atoms with van der Waals surface area (Å²) < 4.78 is 8.43. The molecular weight excluding hydrogens is 586 g/mol. The highest BCUT2D eigenvalue weighted by molar-refractivity contribution is 6.09. The van der Waals surface area contributed by atoms with Crippen LogP contribution >= 0.6 is 0 Å². The van der Waals surface area contributed by atoms with Gasteiger partial charge in [-0.15, -0.1) is 0 Å². The molecule has 0 aromatic carbocycles. The average Bonchev–Trinajstić information content (AvgIpc) is 3.42. The highest BCUT2D eigenvalue weighted by Gasteiger charge is 2.42. The molecule has 0 spiro atoms. The summed E-state index contributed by atoms with van der Waals surface area (Å²) in [6, 6.07) is 0.236. The number of nitrogens with zero attached hydrogens (tertiary/aromatic N) is 7. The monoisotopic (exact) mass is 645 g/mol. The Balaban J connectivity index is 1.50. The maximum Gasteiger partial charge on any atom is 0.205 e. The van der Waals surface area contributed by atoms with Crippen molar-refractivity contribution in [2.45, 2.75) is 112 Å². The van der Waals surface area contributed by atoms with E-state index in [9.17, 15) is 5.11 Å². The second kappa shape index (κ2) is 14.5. The molecule has 0 radical (unpaired) electrons. The van der Waals surface area contributed by atoms with E-state index in [0.717, 1.165) is 68.5 Å². The molecule has 1 saturated heterocycles. The Labute approximate surface area is 283 Å². The van der Waals surface area contributed by atoms with Gasteiger partial charge in [-0.3, -0.25) is 4.99 Å². The van der Waals surface area contributed by atoms with E-state index in [1.807, 2.05) is 6.33 Å². The minimum absolute atomic E-state index is 0.0514. The fraction of sp³-hybridized carbons (Fsp3) is 0.658. The van der Waals surface area contributed by atoms with Crippen LogP contribution in [0.25, 0.3) is 0 Å². The smallest absolute Gasteiger partial charge is 0.205 e. The number of allylic oxidation sites excluding steroid dienone is 5. The topological polar surface area (TPSA) is 81.7 Å². The zero-order valence-corrected chi connectivity index (χ0v) is 30.6. The van der Waals surface area contributed by atoms with Gasteiger partial charge in [-0.2, -0.15) is 4.99 Å². The van der Waals surface area contributed by atoms with Crippen LogP contribution < -0.4 is 0 Å². The van der Waals surface area contributed by atoms with Crippen LogP contribution in [-0.2, 0) is 4.74 Å². The molecule has 1 aromatic heterocycles. The van der Waals surface area contributed by atoms with E-state index in [1.165, 1.54) is 22.4 Å². The number of hydrogen-bond donors (Lipinski definition) is 1. The van der Waals surface area contributed by atoms with Crippen molar-refractivity contribution in [3.8, 4) is 0 Å². The van der Waals surface area contributed by atoms with E-state index in [4.69, 9.17) is 19.7 Å². The minimum Gasteiger partial charge on any atom is -0.396 e. The molecule has 0 amide bonds. The van der Waals surface area contributed by atoms with Gasteiger partial charge in [0, 0.05) is 57.6 Å². The predicted octanol–water partition coefficient (Wildman–Crippen LogP) is 7.19. The number of hydrogen-bond acceptors (Lipinski definition) is 8. The summed E-state index contributed by atoms with van der Waals surface area (Å²) in [5.74, 6) is 2.28. The molecule has 1 fully saturated rings. The van der Waals surface area contributed by atoms with Gasteiger partial charge in [0.1, 0.15) is 5.69 Å². The first-order valence-corrected chi connectivity index (χ1v) is 17.9. The Morgan fingerprint density at radius 1 is 1.11 bits per heavy atom. The quantitative estimate of drug-likeness (QED) is 0.306. The molecule has 4 atom stereocenters. The van der Waals surface area contributed by atoms with Crippen LogP contribution in [0.2, 0.25) is 0 Å². The van der Waals surface area contributed by atoms with E-state index in [-0.39, 0.29) is 36.4 Å². The number of aromatic nitrogens is 2. The normalized spacial score (nSPS) is 27.0. The number of guanidine groups is 1. The van der Waals surface area contributed by atoms with E-state index < -0.39 is 0 Å². The Hall–Kier alpha value is -3.17. The minimum atomic E-state index is -0.266. The molecule has 5 rings (SSSR count). The van der Waals surface area contributed by atoms with E-state index in [2.05, 4.69) is 113 Å². The van der Waals surface area contributed by atoms with E-state index in [0.29, 0.717) is 12.5 Å². The lowest BCUT2D eigenvalue weighted by molar-refractivity contribution is 0.0525. The van der Waals surface area contributed by atoms with Gasteiger partial charge in [0.25, 0.3) is 0 Å². The van der Waals surface area contributed by atoms with Crippen molar-refractivity contribution in [3.05, 3.63) is 58.7 Å². The van der Waals surface area contributed by atoms with Crippen LogP contribution in [0.5, 0.6) is 0 Å². The van der Waals surface area contributed by atoms with Crippen molar-refractivity contribution in [2.75, 3.05) is 39.9 Å². The molecule has 4 aliphatic rings. The number of ether oxygens (including phenoxy) is 1. The number of fused-ring (bicyclic) bond motifs is 1. The van der Waals surface area contributed by atoms with Crippen LogP contribution in [-0.4, -0.2) is 92.6 Å². The molecule has 2 aliphatic heterocycles. The Morgan fingerprint density at radius 3 is 2.49 bits per heavy atom. The Kier molecular flexibility index (Phi) is 10.9. The maximum absolute atomic E-state index is 9.67. The van der Waals surface area contributed by atoms with Crippen molar-refractivity contribution in [1.82, 2.24) is 24.3 Å². The SMILES string of the molecule is CCOC1CC=C(C)C(=NC2c3c(ncn3C(C)C)N=C(N3CCN(C4=CC=C(C(C)CO)CC4)C(C)(CC)C3)N2C)C=C1C(C)C. The lowest BCUT2D eigenvalue weighted by Crippen LogP contribution is -2.63. The second-order valence-electron chi connectivity index (χ2n) is 14.6. The number of aliphatic hydroxyl groups excluding tert-OH is 1. The third-order valence-corrected chi connectivity index (χ3v) is 10.7. The van der Waals surface area contributed by atoms with Crippen LogP contribution in [0.15, 0.2) is 63.0 Å². The van der Waals surface area contributed by atoms with Crippen molar-refractivity contribution < 1.29 is 9.84 Å². The van der Waals surface area contributed by atoms with Crippen LogP contribution in [0.3, 0.4) is 0 Å². The van der Waals surface area contributed by atoms with Crippen molar-refractivity contribution in [3.63, 3.8) is 0 Å². The average molecular weight is 646 g/mol. The summed E-state index contributed by atoms with van der Waals surface area (Å²) in [5.41, 5.74) is 7.22. The molecule has 0 bridgehead atoms. The predicted molar refractivity (Wildman–Crippen MR) is 193 cm³/mol. The summed E-state index contributed by atoms with van der Waals surface area (Å²) in [4.78, 5) is 23.0. The zero-order chi connectivity index (χ0) is 34.0. The Morgan fingerprint density at radius 2 is 1.87 bits per heavy atom. The van der Waals surface area contributed by atoms with Gasteiger partial charge >= 0.3 is 0 Å². The van der Waals surface area contributed by atoms with Gasteiger partial charge in [-0.05, 0) is 89.5 Å². The van der Waals surface area contributed by atoms with Gasteiger partial charge in [-0.1, -0.05) is 45.4 Å². The van der Waals surface area contributed by atoms with E-state index in [1.54, 1.807) is 0 Å². The summed E-state index contributed by atoms with van der Waals surface area (Å²) >= 11 is 0. The number of aliphatic hydroxyl groups is 1. The summed E-state index contributed by atoms with van der Waals surface area (Å²) in [6.07, 6.45) is 14.8.